The van der Waals surface area contributed by atoms with E-state index in [1.165, 1.54) is 31.4 Å². The first-order valence-corrected chi connectivity index (χ1v) is 7.49. The van der Waals surface area contributed by atoms with Crippen LogP contribution in [0.5, 0.6) is 0 Å². The van der Waals surface area contributed by atoms with Crippen molar-refractivity contribution >= 4 is 0 Å². The zero-order chi connectivity index (χ0) is 14.5. The molecule has 1 aromatic rings. The molecule has 112 valence electrons. The predicted octanol–water partition coefficient (Wildman–Crippen LogP) is 3.49. The van der Waals surface area contributed by atoms with E-state index in [1.807, 2.05) is 6.92 Å². The van der Waals surface area contributed by atoms with E-state index in [-0.39, 0.29) is 12.1 Å². The van der Waals surface area contributed by atoms with Crippen LogP contribution in [0, 0.1) is 11.6 Å². The normalized spacial score (nSPS) is 19.8. The van der Waals surface area contributed by atoms with E-state index in [0.29, 0.717) is 5.56 Å². The average molecular weight is 282 g/mol. The molecule has 4 heteroatoms. The molecule has 0 radical (unpaired) electrons. The van der Waals surface area contributed by atoms with Crippen LogP contribution in [0.4, 0.5) is 8.78 Å². The molecule has 1 N–H and O–H groups in total. The topological polar surface area (TPSA) is 15.3 Å². The maximum atomic E-state index is 13.7. The molecule has 1 aliphatic heterocycles. The van der Waals surface area contributed by atoms with Gasteiger partial charge in [-0.2, -0.15) is 0 Å². The standard InChI is InChI=1S/C16H24F2N2/c1-12(11-20-8-4-3-5-9-20)19-13(2)15-7-6-14(17)10-16(15)18/h6-7,10,12-13,19H,3-5,8-9,11H2,1-2H3. The second kappa shape index (κ2) is 7.14. The molecule has 1 heterocycles. The van der Waals surface area contributed by atoms with Crippen molar-refractivity contribution in [3.8, 4) is 0 Å². The summed E-state index contributed by atoms with van der Waals surface area (Å²) in [5.74, 6) is -1.00. The monoisotopic (exact) mass is 282 g/mol. The van der Waals surface area contributed by atoms with Crippen molar-refractivity contribution < 1.29 is 8.78 Å². The molecule has 2 nitrogen and oxygen atoms in total. The fraction of sp³-hybridized carbons (Fsp3) is 0.625. The number of likely N-dealkylation sites (tertiary alicyclic amines) is 1. The molecule has 0 spiro atoms. The SMILES string of the molecule is CC(CN1CCCCC1)NC(C)c1ccc(F)cc1F. The van der Waals surface area contributed by atoms with Crippen molar-refractivity contribution in [2.75, 3.05) is 19.6 Å². The second-order valence-electron chi connectivity index (χ2n) is 5.82. The Balaban J connectivity index is 1.87. The van der Waals surface area contributed by atoms with E-state index in [2.05, 4.69) is 17.1 Å². The highest BCUT2D eigenvalue weighted by atomic mass is 19.1. The molecule has 2 atom stereocenters. The lowest BCUT2D eigenvalue weighted by Gasteiger charge is -2.30. The van der Waals surface area contributed by atoms with Crippen LogP contribution in [0.1, 0.15) is 44.7 Å². The summed E-state index contributed by atoms with van der Waals surface area (Å²) >= 11 is 0. The summed E-state index contributed by atoms with van der Waals surface area (Å²) in [4.78, 5) is 2.45. The third-order valence-corrected chi connectivity index (χ3v) is 3.94. The number of benzene rings is 1. The molecule has 1 fully saturated rings. The zero-order valence-electron chi connectivity index (χ0n) is 12.3. The summed E-state index contributed by atoms with van der Waals surface area (Å²) in [6.07, 6.45) is 3.87. The Labute approximate surface area is 120 Å². The molecule has 0 aromatic heterocycles. The van der Waals surface area contributed by atoms with Gasteiger partial charge in [-0.05, 0) is 45.8 Å². The maximum absolute atomic E-state index is 13.7. The molecular formula is C16H24F2N2. The van der Waals surface area contributed by atoms with E-state index >= 15 is 0 Å². The molecule has 0 amide bonds. The molecule has 1 saturated heterocycles. The number of hydrogen-bond acceptors (Lipinski definition) is 2. The number of hydrogen-bond donors (Lipinski definition) is 1. The van der Waals surface area contributed by atoms with Gasteiger partial charge < -0.3 is 10.2 Å². The van der Waals surface area contributed by atoms with E-state index in [0.717, 1.165) is 25.7 Å². The molecule has 0 bridgehead atoms. The highest BCUT2D eigenvalue weighted by Gasteiger charge is 2.17. The Bertz CT molecular complexity index is 430. The van der Waals surface area contributed by atoms with Crippen LogP contribution in [0.15, 0.2) is 18.2 Å². The van der Waals surface area contributed by atoms with E-state index in [1.54, 1.807) is 0 Å². The van der Waals surface area contributed by atoms with Gasteiger partial charge in [0.2, 0.25) is 0 Å². The third kappa shape index (κ3) is 4.25. The van der Waals surface area contributed by atoms with E-state index in [4.69, 9.17) is 0 Å². The maximum Gasteiger partial charge on any atom is 0.130 e. The Morgan fingerprint density at radius 2 is 1.85 bits per heavy atom. The van der Waals surface area contributed by atoms with E-state index < -0.39 is 11.6 Å². The number of rotatable bonds is 5. The van der Waals surface area contributed by atoms with Crippen LogP contribution in [0.3, 0.4) is 0 Å². The van der Waals surface area contributed by atoms with Crippen LogP contribution in [0.2, 0.25) is 0 Å². The van der Waals surface area contributed by atoms with Gasteiger partial charge in [0.15, 0.2) is 0 Å². The van der Waals surface area contributed by atoms with Crippen molar-refractivity contribution in [2.45, 2.75) is 45.2 Å². The predicted molar refractivity (Wildman–Crippen MR) is 77.7 cm³/mol. The Kier molecular flexibility index (Phi) is 5.49. The molecule has 20 heavy (non-hydrogen) atoms. The van der Waals surface area contributed by atoms with Crippen molar-refractivity contribution in [1.29, 1.82) is 0 Å². The summed E-state index contributed by atoms with van der Waals surface area (Å²) in [6, 6.07) is 3.95. The van der Waals surface area contributed by atoms with Crippen LogP contribution >= 0.6 is 0 Å². The number of nitrogens with zero attached hydrogens (tertiary/aromatic N) is 1. The molecule has 1 aromatic carbocycles. The fourth-order valence-corrected chi connectivity index (χ4v) is 2.95. The Hall–Kier alpha value is -1.00. The highest BCUT2D eigenvalue weighted by Crippen LogP contribution is 2.18. The molecule has 0 aliphatic carbocycles. The first-order valence-electron chi connectivity index (χ1n) is 7.49. The van der Waals surface area contributed by atoms with Crippen LogP contribution in [-0.2, 0) is 0 Å². The number of piperidine rings is 1. The van der Waals surface area contributed by atoms with Crippen molar-refractivity contribution in [3.63, 3.8) is 0 Å². The van der Waals surface area contributed by atoms with Gasteiger partial charge >= 0.3 is 0 Å². The van der Waals surface area contributed by atoms with Gasteiger partial charge in [0.05, 0.1) is 0 Å². The lowest BCUT2D eigenvalue weighted by atomic mass is 10.1. The molecule has 2 rings (SSSR count). The van der Waals surface area contributed by atoms with Gasteiger partial charge in [-0.25, -0.2) is 8.78 Å². The molecule has 2 unspecified atom stereocenters. The second-order valence-corrected chi connectivity index (χ2v) is 5.82. The minimum Gasteiger partial charge on any atom is -0.306 e. The molecular weight excluding hydrogens is 258 g/mol. The first kappa shape index (κ1) is 15.4. The first-order chi connectivity index (χ1) is 9.56. The average Bonchev–Trinajstić information content (AvgIpc) is 2.39. The van der Waals surface area contributed by atoms with Crippen LogP contribution in [0.25, 0.3) is 0 Å². The zero-order valence-corrected chi connectivity index (χ0v) is 12.3. The van der Waals surface area contributed by atoms with Gasteiger partial charge in [-0.15, -0.1) is 0 Å². The Morgan fingerprint density at radius 3 is 2.50 bits per heavy atom. The number of halogens is 2. The third-order valence-electron chi connectivity index (χ3n) is 3.94. The van der Waals surface area contributed by atoms with Gasteiger partial charge in [0, 0.05) is 30.3 Å². The lowest BCUT2D eigenvalue weighted by Crippen LogP contribution is -2.42. The smallest absolute Gasteiger partial charge is 0.130 e. The summed E-state index contributed by atoms with van der Waals surface area (Å²) in [7, 11) is 0. The fourth-order valence-electron chi connectivity index (χ4n) is 2.95. The number of nitrogens with one attached hydrogen (secondary N) is 1. The van der Waals surface area contributed by atoms with Crippen molar-refractivity contribution in [3.05, 3.63) is 35.4 Å². The Morgan fingerprint density at radius 1 is 1.15 bits per heavy atom. The highest BCUT2D eigenvalue weighted by molar-refractivity contribution is 5.21. The van der Waals surface area contributed by atoms with Gasteiger partial charge in [0.25, 0.3) is 0 Å². The van der Waals surface area contributed by atoms with Gasteiger partial charge in [0.1, 0.15) is 11.6 Å². The molecule has 1 aliphatic rings. The summed E-state index contributed by atoms with van der Waals surface area (Å²) < 4.78 is 26.6. The van der Waals surface area contributed by atoms with Crippen LogP contribution in [-0.4, -0.2) is 30.6 Å². The minimum atomic E-state index is -0.528. The molecule has 0 saturated carbocycles. The summed E-state index contributed by atoms with van der Waals surface area (Å²) in [5, 5.41) is 3.40. The summed E-state index contributed by atoms with van der Waals surface area (Å²) in [5.41, 5.74) is 0.525. The quantitative estimate of drug-likeness (QED) is 0.889. The van der Waals surface area contributed by atoms with Crippen LogP contribution < -0.4 is 5.32 Å². The summed E-state index contributed by atoms with van der Waals surface area (Å²) in [6.45, 7) is 7.33. The van der Waals surface area contributed by atoms with Gasteiger partial charge in [-0.3, -0.25) is 0 Å². The lowest BCUT2D eigenvalue weighted by molar-refractivity contribution is 0.205. The van der Waals surface area contributed by atoms with Crippen molar-refractivity contribution in [2.24, 2.45) is 0 Å². The van der Waals surface area contributed by atoms with E-state index in [9.17, 15) is 8.78 Å². The van der Waals surface area contributed by atoms with Crippen molar-refractivity contribution in [1.82, 2.24) is 10.2 Å². The largest absolute Gasteiger partial charge is 0.306 e. The minimum absolute atomic E-state index is 0.115. The van der Waals surface area contributed by atoms with Gasteiger partial charge in [-0.1, -0.05) is 12.5 Å².